The monoisotopic (exact) mass is 188 g/mol. The lowest BCUT2D eigenvalue weighted by Crippen LogP contribution is -1.97. The van der Waals surface area contributed by atoms with Crippen LogP contribution in [-0.4, -0.2) is 11.1 Å². The molecule has 0 aliphatic heterocycles. The number of carboxylic acids is 1. The van der Waals surface area contributed by atoms with E-state index in [0.29, 0.717) is 5.56 Å². The maximum atomic E-state index is 10.4. The van der Waals surface area contributed by atoms with Gasteiger partial charge >= 0.3 is 5.97 Å². The molecule has 4 heteroatoms. The summed E-state index contributed by atoms with van der Waals surface area (Å²) in [6.45, 7) is 1.78. The third kappa shape index (κ3) is 3.89. The smallest absolute Gasteiger partial charge is 0.335 e. The Morgan fingerprint density at radius 2 is 1.79 bits per heavy atom. The molecule has 0 atom stereocenters. The summed E-state index contributed by atoms with van der Waals surface area (Å²) in [6, 6.07) is 9.39. The Morgan fingerprint density at radius 1 is 1.29 bits per heavy atom. The van der Waals surface area contributed by atoms with E-state index in [1.165, 1.54) is 12.1 Å². The number of aromatic carboxylic acids is 1. The van der Waals surface area contributed by atoms with Crippen molar-refractivity contribution >= 4 is 5.97 Å². The first-order chi connectivity index (χ1) is 6.63. The van der Waals surface area contributed by atoms with Gasteiger partial charge in [0.25, 0.3) is 0 Å². The first-order valence-corrected chi connectivity index (χ1v) is 3.70. The van der Waals surface area contributed by atoms with E-state index in [1.807, 2.05) is 6.07 Å². The molecule has 0 saturated heterocycles. The highest BCUT2D eigenvalue weighted by Crippen LogP contribution is 2.05. The molecule has 70 valence electrons. The van der Waals surface area contributed by atoms with Crippen molar-refractivity contribution in [2.45, 2.75) is 6.92 Å². The second kappa shape index (κ2) is 6.22. The molecule has 0 bridgehead atoms. The molecule has 0 spiro atoms. The number of hydrogen-bond donors (Lipinski definition) is 1. The van der Waals surface area contributed by atoms with E-state index >= 15 is 0 Å². The summed E-state index contributed by atoms with van der Waals surface area (Å²) < 4.78 is 0. The van der Waals surface area contributed by atoms with Crippen molar-refractivity contribution in [3.63, 3.8) is 0 Å². The van der Waals surface area contributed by atoms with Crippen LogP contribution in [0.25, 0.3) is 0 Å². The van der Waals surface area contributed by atoms with E-state index < -0.39 is 5.97 Å². The van der Waals surface area contributed by atoms with Gasteiger partial charge < -0.3 is 5.11 Å². The molecule has 14 heavy (non-hydrogen) atoms. The van der Waals surface area contributed by atoms with Crippen LogP contribution in [0.3, 0.4) is 0 Å². The number of nitrogens with zero attached hydrogens (tertiary/aromatic N) is 2. The number of rotatable bonds is 1. The number of hydrogen-bond acceptors (Lipinski definition) is 3. The Hall–Kier alpha value is -2.33. The zero-order chi connectivity index (χ0) is 11.0. The van der Waals surface area contributed by atoms with Crippen molar-refractivity contribution in [2.24, 2.45) is 0 Å². The highest BCUT2D eigenvalue weighted by molar-refractivity contribution is 5.89. The van der Waals surface area contributed by atoms with Crippen LogP contribution >= 0.6 is 0 Å². The predicted octanol–water partition coefficient (Wildman–Crippen LogP) is 1.73. The molecule has 0 saturated carbocycles. The summed E-state index contributed by atoms with van der Waals surface area (Å²) >= 11 is 0. The molecule has 0 amide bonds. The minimum Gasteiger partial charge on any atom is -0.478 e. The molecule has 1 rings (SSSR count). The normalized spacial score (nSPS) is 7.36. The van der Waals surface area contributed by atoms with Gasteiger partial charge in [0, 0.05) is 0 Å². The summed E-state index contributed by atoms with van der Waals surface area (Å²) in [7, 11) is 0. The summed E-state index contributed by atoms with van der Waals surface area (Å²) in [5.41, 5.74) is 1.18. The van der Waals surface area contributed by atoms with Crippen LogP contribution in [-0.2, 0) is 0 Å². The lowest BCUT2D eigenvalue weighted by molar-refractivity contribution is 0.0696. The fraction of sp³-hybridized carbons (Fsp3) is 0.100. The van der Waals surface area contributed by atoms with E-state index in [4.69, 9.17) is 15.6 Å². The van der Waals surface area contributed by atoms with Gasteiger partial charge in [-0.15, -0.1) is 0 Å². The van der Waals surface area contributed by atoms with E-state index in [9.17, 15) is 4.79 Å². The van der Waals surface area contributed by atoms with E-state index in [0.717, 1.165) is 5.56 Å². The maximum absolute atomic E-state index is 10.4. The third-order valence-corrected chi connectivity index (χ3v) is 1.43. The highest BCUT2D eigenvalue weighted by Gasteiger charge is 2.02. The minimum atomic E-state index is -0.863. The Bertz CT molecular complexity index is 387. The molecule has 0 aliphatic carbocycles. The van der Waals surface area contributed by atoms with E-state index in [2.05, 4.69) is 0 Å². The van der Waals surface area contributed by atoms with Gasteiger partial charge in [0.15, 0.2) is 12.1 Å². The van der Waals surface area contributed by atoms with Gasteiger partial charge in [0.05, 0.1) is 5.56 Å². The van der Waals surface area contributed by atoms with Crippen LogP contribution < -0.4 is 0 Å². The van der Waals surface area contributed by atoms with Gasteiger partial charge in [-0.3, -0.25) is 0 Å². The van der Waals surface area contributed by atoms with Crippen LogP contribution in [0.4, 0.5) is 0 Å². The summed E-state index contributed by atoms with van der Waals surface area (Å²) in [6.07, 6.45) is 0. The number of carbonyl (C=O) groups is 1. The second-order valence-corrected chi connectivity index (χ2v) is 2.34. The first-order valence-electron chi connectivity index (χ1n) is 3.70. The second-order valence-electron chi connectivity index (χ2n) is 2.34. The van der Waals surface area contributed by atoms with Crippen LogP contribution in [0.1, 0.15) is 15.9 Å². The number of aryl methyl sites for hydroxylation is 1. The molecule has 1 aromatic carbocycles. The standard InChI is InChI=1S/C8H8O2.C2N2/c1-6-4-2-3-5-7(6)8(9)10;3-1-2-4/h2-5H,1H3,(H,9,10);. The highest BCUT2D eigenvalue weighted by atomic mass is 16.4. The van der Waals surface area contributed by atoms with Gasteiger partial charge in [-0.2, -0.15) is 10.5 Å². The molecule has 4 nitrogen and oxygen atoms in total. The summed E-state index contributed by atoms with van der Waals surface area (Å²) in [4.78, 5) is 10.4. The topological polar surface area (TPSA) is 84.9 Å². The van der Waals surface area contributed by atoms with Crippen molar-refractivity contribution in [2.75, 3.05) is 0 Å². The molecule has 0 unspecified atom stereocenters. The van der Waals surface area contributed by atoms with Gasteiger partial charge in [-0.25, -0.2) is 4.79 Å². The fourth-order valence-corrected chi connectivity index (χ4v) is 0.813. The molecule has 1 aromatic rings. The minimum absolute atomic E-state index is 0.377. The van der Waals surface area contributed by atoms with Crippen LogP contribution in [0.5, 0.6) is 0 Å². The summed E-state index contributed by atoms with van der Waals surface area (Å²) in [5, 5.41) is 23.1. The Labute approximate surface area is 81.6 Å². The number of carboxylic acid groups (broad SMARTS) is 1. The molecular formula is C10H8N2O2. The third-order valence-electron chi connectivity index (χ3n) is 1.43. The quantitative estimate of drug-likeness (QED) is 0.727. The number of nitriles is 2. The van der Waals surface area contributed by atoms with Gasteiger partial charge in [0.2, 0.25) is 0 Å². The first kappa shape index (κ1) is 11.7. The van der Waals surface area contributed by atoms with Crippen LogP contribution in [0.2, 0.25) is 0 Å². The van der Waals surface area contributed by atoms with Crippen molar-refractivity contribution in [3.05, 3.63) is 35.4 Å². The maximum Gasteiger partial charge on any atom is 0.335 e. The van der Waals surface area contributed by atoms with Gasteiger partial charge in [0.1, 0.15) is 0 Å². The molecule has 0 aliphatic rings. The molecule has 1 N–H and O–H groups in total. The van der Waals surface area contributed by atoms with Crippen LogP contribution in [0.15, 0.2) is 24.3 Å². The molecule has 0 fully saturated rings. The van der Waals surface area contributed by atoms with Crippen molar-refractivity contribution in [1.82, 2.24) is 0 Å². The Balaban J connectivity index is 0.000000364. The number of benzene rings is 1. The average Bonchev–Trinajstić information content (AvgIpc) is 2.18. The SMILES string of the molecule is Cc1ccccc1C(=O)O.N#CC#N. The van der Waals surface area contributed by atoms with Gasteiger partial charge in [-0.05, 0) is 18.6 Å². The lowest BCUT2D eigenvalue weighted by Gasteiger charge is -1.96. The Kier molecular flexibility index (Phi) is 5.18. The fourth-order valence-electron chi connectivity index (χ4n) is 0.813. The zero-order valence-corrected chi connectivity index (χ0v) is 7.56. The molecule has 0 radical (unpaired) electrons. The lowest BCUT2D eigenvalue weighted by atomic mass is 10.1. The zero-order valence-electron chi connectivity index (χ0n) is 7.56. The van der Waals surface area contributed by atoms with E-state index in [1.54, 1.807) is 25.1 Å². The predicted molar refractivity (Wildman–Crippen MR) is 49.4 cm³/mol. The van der Waals surface area contributed by atoms with Crippen LogP contribution in [0, 0.1) is 29.6 Å². The van der Waals surface area contributed by atoms with Crippen molar-refractivity contribution < 1.29 is 9.90 Å². The molecule has 0 heterocycles. The average molecular weight is 188 g/mol. The summed E-state index contributed by atoms with van der Waals surface area (Å²) in [5.74, 6) is -0.863. The van der Waals surface area contributed by atoms with Crippen molar-refractivity contribution in [1.29, 1.82) is 10.5 Å². The molecular weight excluding hydrogens is 180 g/mol. The molecule has 0 aromatic heterocycles. The van der Waals surface area contributed by atoms with E-state index in [-0.39, 0.29) is 0 Å². The largest absolute Gasteiger partial charge is 0.478 e. The van der Waals surface area contributed by atoms with Gasteiger partial charge in [-0.1, -0.05) is 18.2 Å². The van der Waals surface area contributed by atoms with Crippen molar-refractivity contribution in [3.8, 4) is 12.1 Å². The Morgan fingerprint density at radius 3 is 2.07 bits per heavy atom.